The molecule has 0 spiro atoms. The first-order valence-corrected chi connectivity index (χ1v) is 10.9. The molecule has 0 atom stereocenters. The lowest BCUT2D eigenvalue weighted by Crippen LogP contribution is -2.25. The Morgan fingerprint density at radius 1 is 0.971 bits per heavy atom. The number of fused-ring (bicyclic) bond motifs is 1. The van der Waals surface area contributed by atoms with E-state index < -0.39 is 17.5 Å². The third-order valence-electron chi connectivity index (χ3n) is 5.88. The van der Waals surface area contributed by atoms with Gasteiger partial charge in [0.1, 0.15) is 29.5 Å². The average molecular weight is 480 g/mol. The van der Waals surface area contributed by atoms with Crippen LogP contribution in [0.3, 0.4) is 0 Å². The van der Waals surface area contributed by atoms with Crippen molar-refractivity contribution in [2.24, 2.45) is 0 Å². The Morgan fingerprint density at radius 2 is 1.77 bits per heavy atom. The van der Waals surface area contributed by atoms with Crippen LogP contribution in [0.5, 0.6) is 0 Å². The summed E-state index contributed by atoms with van der Waals surface area (Å²) in [5, 5.41) is 10.3. The molecule has 3 heterocycles. The van der Waals surface area contributed by atoms with Gasteiger partial charge >= 0.3 is 0 Å². The highest BCUT2D eigenvalue weighted by molar-refractivity contribution is 5.76. The minimum atomic E-state index is -0.937. The zero-order valence-corrected chi connectivity index (χ0v) is 19.6. The summed E-state index contributed by atoms with van der Waals surface area (Å²) in [6.45, 7) is 6.27. The fourth-order valence-electron chi connectivity index (χ4n) is 4.28. The zero-order chi connectivity index (χ0) is 24.9. The van der Waals surface area contributed by atoms with Crippen LogP contribution < -0.4 is 15.5 Å². The van der Waals surface area contributed by atoms with Gasteiger partial charge in [-0.15, -0.1) is 0 Å². The molecule has 1 aliphatic heterocycles. The lowest BCUT2D eigenvalue weighted by atomic mass is 9.88. The topological polar surface area (TPSA) is 83.8 Å². The first-order chi connectivity index (χ1) is 16.7. The van der Waals surface area contributed by atoms with E-state index in [-0.39, 0.29) is 17.1 Å². The smallest absolute Gasteiger partial charge is 0.231 e. The van der Waals surface area contributed by atoms with Crippen molar-refractivity contribution >= 4 is 29.0 Å². The van der Waals surface area contributed by atoms with Gasteiger partial charge < -0.3 is 15.5 Å². The van der Waals surface area contributed by atoms with Crippen LogP contribution in [-0.4, -0.2) is 38.3 Å². The Labute approximate surface area is 199 Å². The molecule has 2 N–H and O–H groups in total. The molecule has 8 nitrogen and oxygen atoms in total. The molecule has 5 rings (SSSR count). The molecule has 11 heteroatoms. The van der Waals surface area contributed by atoms with Crippen molar-refractivity contribution in [3.05, 3.63) is 71.6 Å². The molecule has 0 saturated carbocycles. The number of halogens is 3. The minimum Gasteiger partial charge on any atom is -0.373 e. The summed E-state index contributed by atoms with van der Waals surface area (Å²) in [5.41, 5.74) is 1.63. The monoisotopic (exact) mass is 480 g/mol. The summed E-state index contributed by atoms with van der Waals surface area (Å²) < 4.78 is 43.7. The van der Waals surface area contributed by atoms with Gasteiger partial charge in [-0.25, -0.2) is 22.8 Å². The van der Waals surface area contributed by atoms with Crippen molar-refractivity contribution in [3.8, 4) is 5.69 Å². The molecular formula is C24H23F3N8. The number of hydrogen-bond donors (Lipinski definition) is 2. The Morgan fingerprint density at radius 3 is 2.43 bits per heavy atom. The first kappa shape index (κ1) is 22.6. The van der Waals surface area contributed by atoms with Crippen molar-refractivity contribution in [2.45, 2.75) is 26.2 Å². The Balaban J connectivity index is 1.53. The van der Waals surface area contributed by atoms with E-state index in [0.717, 1.165) is 17.7 Å². The van der Waals surface area contributed by atoms with Crippen molar-refractivity contribution < 1.29 is 13.2 Å². The highest BCUT2D eigenvalue weighted by Gasteiger charge is 2.40. The molecule has 1 aliphatic rings. The highest BCUT2D eigenvalue weighted by Crippen LogP contribution is 2.46. The third-order valence-corrected chi connectivity index (χ3v) is 5.88. The highest BCUT2D eigenvalue weighted by atomic mass is 19.2. The maximum Gasteiger partial charge on any atom is 0.231 e. The van der Waals surface area contributed by atoms with Crippen LogP contribution in [0, 0.1) is 24.4 Å². The van der Waals surface area contributed by atoms with E-state index in [0.29, 0.717) is 35.4 Å². The van der Waals surface area contributed by atoms with Crippen LogP contribution in [-0.2, 0) is 5.41 Å². The molecule has 35 heavy (non-hydrogen) atoms. The normalized spacial score (nSPS) is 14.2. The van der Waals surface area contributed by atoms with Crippen LogP contribution in [0.1, 0.15) is 25.2 Å². The van der Waals surface area contributed by atoms with Gasteiger partial charge in [-0.3, -0.25) is 0 Å². The van der Waals surface area contributed by atoms with Crippen molar-refractivity contribution in [1.29, 1.82) is 0 Å². The molecule has 180 valence electrons. The second-order valence-corrected chi connectivity index (χ2v) is 8.94. The molecule has 2 aromatic carbocycles. The second-order valence-electron chi connectivity index (χ2n) is 8.94. The number of benzene rings is 2. The van der Waals surface area contributed by atoms with E-state index in [4.69, 9.17) is 0 Å². The van der Waals surface area contributed by atoms with E-state index in [1.165, 1.54) is 23.1 Å². The van der Waals surface area contributed by atoms with Crippen molar-refractivity contribution in [3.63, 3.8) is 0 Å². The van der Waals surface area contributed by atoms with Crippen LogP contribution >= 0.6 is 0 Å². The van der Waals surface area contributed by atoms with Gasteiger partial charge in [0, 0.05) is 42.0 Å². The number of rotatable bonds is 5. The van der Waals surface area contributed by atoms with Gasteiger partial charge in [0.05, 0.1) is 0 Å². The fourth-order valence-corrected chi connectivity index (χ4v) is 4.28. The third kappa shape index (κ3) is 4.02. The van der Waals surface area contributed by atoms with E-state index in [2.05, 4.69) is 30.7 Å². The lowest BCUT2D eigenvalue weighted by Gasteiger charge is -2.22. The lowest BCUT2D eigenvalue weighted by molar-refractivity contribution is 0.508. The van der Waals surface area contributed by atoms with Crippen LogP contribution in [0.15, 0.2) is 42.7 Å². The number of anilines is 5. The summed E-state index contributed by atoms with van der Waals surface area (Å²) in [6, 6.07) is 8.33. The maximum absolute atomic E-state index is 14.8. The maximum atomic E-state index is 14.8. The molecule has 2 aromatic heterocycles. The summed E-state index contributed by atoms with van der Waals surface area (Å²) in [4.78, 5) is 15.1. The molecule has 0 radical (unpaired) electrons. The Hall–Kier alpha value is -4.15. The van der Waals surface area contributed by atoms with Gasteiger partial charge in [-0.05, 0) is 37.3 Å². The van der Waals surface area contributed by atoms with Crippen LogP contribution in [0.25, 0.3) is 5.69 Å². The predicted molar refractivity (Wildman–Crippen MR) is 127 cm³/mol. The van der Waals surface area contributed by atoms with Crippen molar-refractivity contribution in [2.75, 3.05) is 29.1 Å². The molecule has 0 fully saturated rings. The van der Waals surface area contributed by atoms with Gasteiger partial charge in [-0.1, -0.05) is 13.8 Å². The number of hydrogen-bond acceptors (Lipinski definition) is 7. The molecule has 0 amide bonds. The first-order valence-electron chi connectivity index (χ1n) is 10.9. The summed E-state index contributed by atoms with van der Waals surface area (Å²) >= 11 is 0. The van der Waals surface area contributed by atoms with Crippen LogP contribution in [0.4, 0.5) is 42.1 Å². The van der Waals surface area contributed by atoms with Gasteiger partial charge in [0.25, 0.3) is 0 Å². The Bertz CT molecular complexity index is 1430. The fraction of sp³-hybridized carbons (Fsp3) is 0.250. The summed E-state index contributed by atoms with van der Waals surface area (Å²) in [7, 11) is 1.75. The molecule has 0 saturated heterocycles. The molecule has 0 aliphatic carbocycles. The number of nitrogens with one attached hydrogen (secondary N) is 2. The molecule has 0 bridgehead atoms. The van der Waals surface area contributed by atoms with E-state index in [1.807, 2.05) is 18.7 Å². The second kappa shape index (κ2) is 8.26. The quantitative estimate of drug-likeness (QED) is 0.416. The molecule has 0 unspecified atom stereocenters. The molecule has 4 aromatic rings. The van der Waals surface area contributed by atoms with Gasteiger partial charge in [0.2, 0.25) is 5.95 Å². The molecular weight excluding hydrogens is 457 g/mol. The predicted octanol–water partition coefficient (Wildman–Crippen LogP) is 5.00. The van der Waals surface area contributed by atoms with Crippen molar-refractivity contribution in [1.82, 2.24) is 24.7 Å². The minimum absolute atomic E-state index is 0.224. The number of aryl methyl sites for hydroxylation is 1. The number of nitrogens with zero attached hydrogens (tertiary/aromatic N) is 6. The van der Waals surface area contributed by atoms with E-state index >= 15 is 0 Å². The summed E-state index contributed by atoms with van der Waals surface area (Å²) in [6.07, 6.45) is 1.44. The Kier molecular flexibility index (Phi) is 5.34. The zero-order valence-electron chi connectivity index (χ0n) is 19.6. The number of aromatic nitrogens is 5. The van der Waals surface area contributed by atoms with Gasteiger partial charge in [-0.2, -0.15) is 15.1 Å². The van der Waals surface area contributed by atoms with E-state index in [9.17, 15) is 13.2 Å². The standard InChI is InChI=1S/C24H23F3N8/c1-13-29-12-35(33-13)19-8-5-14(9-18(19)27)30-23-31-21(28-4)20-22(32-23)34(11-24(20,2)3)15-6-7-16(25)17(26)10-15/h5-10,12H,11H2,1-4H3,(H2,28,30,31,32). The SMILES string of the molecule is CNc1nc(Nc2ccc(-n3cnc(C)n3)c(F)c2)nc2c1C(C)(C)CN2c1ccc(F)c(F)c1. The average Bonchev–Trinajstić information content (AvgIpc) is 3.35. The largest absolute Gasteiger partial charge is 0.373 e. The van der Waals surface area contributed by atoms with Gasteiger partial charge in [0.15, 0.2) is 17.5 Å². The summed E-state index contributed by atoms with van der Waals surface area (Å²) in [5.74, 6) is -0.457. The van der Waals surface area contributed by atoms with Crippen LogP contribution in [0.2, 0.25) is 0 Å². The van der Waals surface area contributed by atoms with E-state index in [1.54, 1.807) is 26.1 Å².